The summed E-state index contributed by atoms with van der Waals surface area (Å²) in [6, 6.07) is 5.07. The second-order valence-electron chi connectivity index (χ2n) is 4.86. The van der Waals surface area contributed by atoms with Crippen molar-refractivity contribution in [1.29, 1.82) is 0 Å². The van der Waals surface area contributed by atoms with Gasteiger partial charge in [-0.25, -0.2) is 0 Å². The molecule has 0 aliphatic carbocycles. The van der Waals surface area contributed by atoms with Crippen LogP contribution in [0.25, 0.3) is 0 Å². The number of carbonyl (C=O) groups is 1. The number of likely N-dealkylation sites (tertiary alicyclic amines) is 1. The number of nitrogens with zero attached hydrogens (tertiary/aromatic N) is 1. The number of benzene rings is 1. The third-order valence-electron chi connectivity index (χ3n) is 3.27. The molecule has 0 radical (unpaired) electrons. The van der Waals surface area contributed by atoms with Gasteiger partial charge in [0.05, 0.1) is 17.3 Å². The Balaban J connectivity index is 1.89. The third-order valence-corrected chi connectivity index (χ3v) is 3.82. The summed E-state index contributed by atoms with van der Waals surface area (Å²) in [5.74, 6) is -0.0221. The molecular formula is C14H18Cl2N2O. The fraction of sp³-hybridized carbons (Fsp3) is 0.500. The Hall–Kier alpha value is -0.770. The van der Waals surface area contributed by atoms with Crippen molar-refractivity contribution in [2.75, 3.05) is 25.0 Å². The highest BCUT2D eigenvalue weighted by Crippen LogP contribution is 2.25. The summed E-state index contributed by atoms with van der Waals surface area (Å²) in [6.45, 7) is 2.43. The summed E-state index contributed by atoms with van der Waals surface area (Å²) < 4.78 is 0. The molecule has 0 atom stereocenters. The lowest BCUT2D eigenvalue weighted by molar-refractivity contribution is -0.117. The first-order valence-corrected chi connectivity index (χ1v) is 7.38. The molecule has 5 heteroatoms. The number of nitrogens with one attached hydrogen (secondary N) is 1. The van der Waals surface area contributed by atoms with Crippen LogP contribution < -0.4 is 5.32 Å². The average molecular weight is 301 g/mol. The zero-order valence-corrected chi connectivity index (χ0v) is 12.3. The molecule has 1 aromatic rings. The molecule has 0 aromatic heterocycles. The molecule has 19 heavy (non-hydrogen) atoms. The first kappa shape index (κ1) is 14.6. The Morgan fingerprint density at radius 2 is 1.84 bits per heavy atom. The normalized spacial score (nSPS) is 16.9. The zero-order valence-electron chi connectivity index (χ0n) is 10.8. The zero-order chi connectivity index (χ0) is 13.7. The van der Waals surface area contributed by atoms with Crippen LogP contribution in [0.4, 0.5) is 5.69 Å². The van der Waals surface area contributed by atoms with Gasteiger partial charge in [-0.15, -0.1) is 0 Å². The Labute approximate surface area is 123 Å². The first-order chi connectivity index (χ1) is 9.15. The second-order valence-corrected chi connectivity index (χ2v) is 5.71. The van der Waals surface area contributed by atoms with E-state index in [1.165, 1.54) is 25.7 Å². The Bertz CT molecular complexity index is 443. The van der Waals surface area contributed by atoms with Crippen molar-refractivity contribution >= 4 is 34.8 Å². The summed E-state index contributed by atoms with van der Waals surface area (Å²) in [6.07, 6.45) is 4.88. The number of hydrogen-bond acceptors (Lipinski definition) is 2. The van der Waals surface area contributed by atoms with Crippen molar-refractivity contribution in [1.82, 2.24) is 4.90 Å². The fourth-order valence-corrected chi connectivity index (χ4v) is 2.73. The van der Waals surface area contributed by atoms with Crippen LogP contribution >= 0.6 is 23.2 Å². The molecule has 1 aliphatic rings. The summed E-state index contributed by atoms with van der Waals surface area (Å²) >= 11 is 11.9. The van der Waals surface area contributed by atoms with Crippen LogP contribution in [-0.4, -0.2) is 30.4 Å². The highest BCUT2D eigenvalue weighted by molar-refractivity contribution is 6.36. The third kappa shape index (κ3) is 4.68. The molecule has 1 N–H and O–H groups in total. The maximum atomic E-state index is 12.0. The topological polar surface area (TPSA) is 32.3 Å². The Morgan fingerprint density at radius 1 is 1.16 bits per heavy atom. The second kappa shape index (κ2) is 7.13. The van der Waals surface area contributed by atoms with Crippen molar-refractivity contribution in [3.8, 4) is 0 Å². The highest BCUT2D eigenvalue weighted by atomic mass is 35.5. The number of carbonyl (C=O) groups excluding carboxylic acids is 1. The van der Waals surface area contributed by atoms with E-state index in [1.54, 1.807) is 18.2 Å². The molecular weight excluding hydrogens is 283 g/mol. The molecule has 1 fully saturated rings. The lowest BCUT2D eigenvalue weighted by Crippen LogP contribution is -2.33. The van der Waals surface area contributed by atoms with E-state index >= 15 is 0 Å². The van der Waals surface area contributed by atoms with Crippen LogP contribution in [0.3, 0.4) is 0 Å². The molecule has 2 rings (SSSR count). The predicted octanol–water partition coefficient (Wildman–Crippen LogP) is 3.81. The smallest absolute Gasteiger partial charge is 0.238 e. The van der Waals surface area contributed by atoms with Gasteiger partial charge in [-0.2, -0.15) is 0 Å². The minimum absolute atomic E-state index is 0.0221. The van der Waals surface area contributed by atoms with Gasteiger partial charge in [-0.3, -0.25) is 9.69 Å². The largest absolute Gasteiger partial charge is 0.324 e. The predicted molar refractivity (Wildman–Crippen MR) is 80.0 cm³/mol. The molecule has 0 saturated carbocycles. The molecule has 104 valence electrons. The molecule has 3 nitrogen and oxygen atoms in total. The number of rotatable bonds is 3. The van der Waals surface area contributed by atoms with E-state index in [2.05, 4.69) is 10.2 Å². The molecule has 1 aromatic carbocycles. The van der Waals surface area contributed by atoms with Crippen molar-refractivity contribution in [2.24, 2.45) is 0 Å². The van der Waals surface area contributed by atoms with Crippen molar-refractivity contribution < 1.29 is 4.79 Å². The van der Waals surface area contributed by atoms with Crippen LogP contribution in [0.15, 0.2) is 18.2 Å². The van der Waals surface area contributed by atoms with E-state index in [0.717, 1.165) is 13.1 Å². The quantitative estimate of drug-likeness (QED) is 0.920. The lowest BCUT2D eigenvalue weighted by Gasteiger charge is -2.19. The van der Waals surface area contributed by atoms with Gasteiger partial charge in [-0.05, 0) is 44.1 Å². The van der Waals surface area contributed by atoms with Gasteiger partial charge in [0, 0.05) is 5.02 Å². The molecule has 1 heterocycles. The van der Waals surface area contributed by atoms with Gasteiger partial charge in [-0.1, -0.05) is 36.0 Å². The maximum absolute atomic E-state index is 12.0. The molecule has 0 unspecified atom stereocenters. The number of amides is 1. The monoisotopic (exact) mass is 300 g/mol. The summed E-state index contributed by atoms with van der Waals surface area (Å²) in [5, 5.41) is 3.87. The van der Waals surface area contributed by atoms with E-state index in [4.69, 9.17) is 23.2 Å². The van der Waals surface area contributed by atoms with Crippen molar-refractivity contribution in [2.45, 2.75) is 25.7 Å². The Morgan fingerprint density at radius 3 is 2.47 bits per heavy atom. The number of anilines is 1. The minimum atomic E-state index is -0.0221. The summed E-state index contributed by atoms with van der Waals surface area (Å²) in [7, 11) is 0. The van der Waals surface area contributed by atoms with Gasteiger partial charge in [0.2, 0.25) is 5.91 Å². The van der Waals surface area contributed by atoms with Crippen LogP contribution in [0.1, 0.15) is 25.7 Å². The summed E-state index contributed by atoms with van der Waals surface area (Å²) in [4.78, 5) is 14.2. The van der Waals surface area contributed by atoms with E-state index in [-0.39, 0.29) is 5.91 Å². The minimum Gasteiger partial charge on any atom is -0.324 e. The molecule has 1 aliphatic heterocycles. The van der Waals surface area contributed by atoms with Gasteiger partial charge < -0.3 is 5.32 Å². The average Bonchev–Trinajstić information content (AvgIpc) is 2.61. The maximum Gasteiger partial charge on any atom is 0.238 e. The Kier molecular flexibility index (Phi) is 5.49. The lowest BCUT2D eigenvalue weighted by atomic mass is 10.2. The van der Waals surface area contributed by atoms with Gasteiger partial charge >= 0.3 is 0 Å². The molecule has 0 spiro atoms. The van der Waals surface area contributed by atoms with E-state index in [1.807, 2.05) is 0 Å². The molecule has 0 bridgehead atoms. The van der Waals surface area contributed by atoms with Crippen LogP contribution in [0.2, 0.25) is 10.0 Å². The van der Waals surface area contributed by atoms with Gasteiger partial charge in [0.25, 0.3) is 0 Å². The first-order valence-electron chi connectivity index (χ1n) is 6.62. The van der Waals surface area contributed by atoms with Crippen molar-refractivity contribution in [3.05, 3.63) is 28.2 Å². The summed E-state index contributed by atoms with van der Waals surface area (Å²) in [5.41, 5.74) is 0.617. The van der Waals surface area contributed by atoms with E-state index < -0.39 is 0 Å². The van der Waals surface area contributed by atoms with Crippen LogP contribution in [0, 0.1) is 0 Å². The van der Waals surface area contributed by atoms with E-state index in [9.17, 15) is 4.79 Å². The van der Waals surface area contributed by atoms with Gasteiger partial charge in [0.15, 0.2) is 0 Å². The van der Waals surface area contributed by atoms with E-state index in [0.29, 0.717) is 22.3 Å². The molecule has 1 saturated heterocycles. The standard InChI is InChI=1S/C14H18Cl2N2O/c15-11-5-6-13(12(16)9-11)17-14(19)10-18-7-3-1-2-4-8-18/h5-6,9H,1-4,7-8,10H2,(H,17,19). The van der Waals surface area contributed by atoms with Crippen LogP contribution in [0.5, 0.6) is 0 Å². The number of halogens is 2. The SMILES string of the molecule is O=C(CN1CCCCCC1)Nc1ccc(Cl)cc1Cl. The van der Waals surface area contributed by atoms with Gasteiger partial charge in [0.1, 0.15) is 0 Å². The highest BCUT2D eigenvalue weighted by Gasteiger charge is 2.13. The van der Waals surface area contributed by atoms with Crippen LogP contribution in [-0.2, 0) is 4.79 Å². The molecule has 1 amide bonds. The number of hydrogen-bond donors (Lipinski definition) is 1. The fourth-order valence-electron chi connectivity index (χ4n) is 2.28. The van der Waals surface area contributed by atoms with Crippen molar-refractivity contribution in [3.63, 3.8) is 0 Å².